The lowest BCUT2D eigenvalue weighted by molar-refractivity contribution is 0.308. The lowest BCUT2D eigenvalue weighted by Gasteiger charge is -2.31. The van der Waals surface area contributed by atoms with Gasteiger partial charge in [-0.3, -0.25) is 0 Å². The number of aromatic nitrogens is 1. The van der Waals surface area contributed by atoms with Crippen LogP contribution in [0.2, 0.25) is 0 Å². The SMILES string of the molecule is Cc1ccc(C)n1C1CCNC(C)C1. The first-order valence-corrected chi connectivity index (χ1v) is 5.56. The van der Waals surface area contributed by atoms with Gasteiger partial charge in [0, 0.05) is 23.5 Å². The van der Waals surface area contributed by atoms with Crippen LogP contribution in [0, 0.1) is 13.8 Å². The van der Waals surface area contributed by atoms with E-state index in [9.17, 15) is 0 Å². The van der Waals surface area contributed by atoms with E-state index in [-0.39, 0.29) is 0 Å². The number of hydrogen-bond acceptors (Lipinski definition) is 1. The van der Waals surface area contributed by atoms with Crippen LogP contribution in [-0.4, -0.2) is 17.2 Å². The minimum absolute atomic E-state index is 0.662. The summed E-state index contributed by atoms with van der Waals surface area (Å²) < 4.78 is 2.50. The number of rotatable bonds is 1. The number of aryl methyl sites for hydroxylation is 2. The van der Waals surface area contributed by atoms with Gasteiger partial charge in [-0.15, -0.1) is 0 Å². The minimum Gasteiger partial charge on any atom is -0.346 e. The zero-order valence-electron chi connectivity index (χ0n) is 9.38. The van der Waals surface area contributed by atoms with Crippen LogP contribution in [0.15, 0.2) is 12.1 Å². The average molecular weight is 192 g/mol. The number of hydrogen-bond donors (Lipinski definition) is 1. The second-order valence-electron chi connectivity index (χ2n) is 4.52. The van der Waals surface area contributed by atoms with Crippen molar-refractivity contribution in [2.24, 2.45) is 0 Å². The van der Waals surface area contributed by atoms with Crippen LogP contribution in [-0.2, 0) is 0 Å². The third-order valence-electron chi connectivity index (χ3n) is 3.29. The molecule has 1 fully saturated rings. The van der Waals surface area contributed by atoms with Crippen molar-refractivity contribution in [2.75, 3.05) is 6.54 Å². The third kappa shape index (κ3) is 1.71. The van der Waals surface area contributed by atoms with Gasteiger partial charge in [0.05, 0.1) is 0 Å². The van der Waals surface area contributed by atoms with Gasteiger partial charge in [-0.25, -0.2) is 0 Å². The van der Waals surface area contributed by atoms with Crippen molar-refractivity contribution in [3.8, 4) is 0 Å². The number of nitrogens with one attached hydrogen (secondary N) is 1. The van der Waals surface area contributed by atoms with Crippen LogP contribution in [0.3, 0.4) is 0 Å². The molecule has 1 aliphatic rings. The first-order valence-electron chi connectivity index (χ1n) is 5.56. The highest BCUT2D eigenvalue weighted by atomic mass is 15.1. The average Bonchev–Trinajstić information content (AvgIpc) is 2.46. The molecule has 0 saturated carbocycles. The number of nitrogens with zero attached hydrogens (tertiary/aromatic N) is 1. The summed E-state index contributed by atoms with van der Waals surface area (Å²) >= 11 is 0. The Labute approximate surface area is 86.3 Å². The molecule has 2 heteroatoms. The van der Waals surface area contributed by atoms with Crippen LogP contribution >= 0.6 is 0 Å². The fourth-order valence-electron chi connectivity index (χ4n) is 2.60. The molecule has 1 aromatic heterocycles. The molecular weight excluding hydrogens is 172 g/mol. The molecule has 0 spiro atoms. The van der Waals surface area contributed by atoms with Gasteiger partial charge in [-0.05, 0) is 52.3 Å². The Morgan fingerprint density at radius 2 is 1.93 bits per heavy atom. The van der Waals surface area contributed by atoms with Gasteiger partial charge in [0.25, 0.3) is 0 Å². The molecule has 2 unspecified atom stereocenters. The van der Waals surface area contributed by atoms with Crippen molar-refractivity contribution in [1.82, 2.24) is 9.88 Å². The van der Waals surface area contributed by atoms with E-state index in [0.29, 0.717) is 12.1 Å². The molecular formula is C12H20N2. The van der Waals surface area contributed by atoms with E-state index in [0.717, 1.165) is 6.54 Å². The highest BCUT2D eigenvalue weighted by Crippen LogP contribution is 2.25. The summed E-state index contributed by atoms with van der Waals surface area (Å²) in [4.78, 5) is 0. The predicted molar refractivity (Wildman–Crippen MR) is 59.6 cm³/mol. The molecule has 2 atom stereocenters. The molecule has 1 aromatic rings. The van der Waals surface area contributed by atoms with Gasteiger partial charge in [0.2, 0.25) is 0 Å². The Morgan fingerprint density at radius 1 is 1.29 bits per heavy atom. The molecule has 1 aliphatic heterocycles. The van der Waals surface area contributed by atoms with Crippen molar-refractivity contribution in [3.63, 3.8) is 0 Å². The van der Waals surface area contributed by atoms with Gasteiger partial charge >= 0.3 is 0 Å². The fraction of sp³-hybridized carbons (Fsp3) is 0.667. The smallest absolute Gasteiger partial charge is 0.0362 e. The molecule has 0 bridgehead atoms. The molecule has 1 saturated heterocycles. The van der Waals surface area contributed by atoms with E-state index in [1.807, 2.05) is 0 Å². The molecule has 1 N–H and O–H groups in total. The third-order valence-corrected chi connectivity index (χ3v) is 3.29. The molecule has 0 aromatic carbocycles. The van der Waals surface area contributed by atoms with E-state index in [4.69, 9.17) is 0 Å². The van der Waals surface area contributed by atoms with Gasteiger partial charge in [0.15, 0.2) is 0 Å². The summed E-state index contributed by atoms with van der Waals surface area (Å²) in [7, 11) is 0. The maximum atomic E-state index is 3.50. The standard InChI is InChI=1S/C12H20N2/c1-9-8-12(6-7-13-9)14-10(2)4-5-11(14)3/h4-5,9,12-13H,6-8H2,1-3H3. The Kier molecular flexibility index (Phi) is 2.64. The maximum Gasteiger partial charge on any atom is 0.0362 e. The van der Waals surface area contributed by atoms with E-state index in [2.05, 4.69) is 42.8 Å². The molecule has 14 heavy (non-hydrogen) atoms. The Balaban J connectivity index is 2.21. The zero-order valence-corrected chi connectivity index (χ0v) is 9.38. The topological polar surface area (TPSA) is 17.0 Å². The van der Waals surface area contributed by atoms with Gasteiger partial charge in [-0.2, -0.15) is 0 Å². The molecule has 78 valence electrons. The summed E-state index contributed by atoms with van der Waals surface area (Å²) in [5.41, 5.74) is 2.81. The van der Waals surface area contributed by atoms with E-state index < -0.39 is 0 Å². The first kappa shape index (κ1) is 9.78. The molecule has 2 nitrogen and oxygen atoms in total. The second kappa shape index (κ2) is 3.77. The van der Waals surface area contributed by atoms with Crippen molar-refractivity contribution in [2.45, 2.75) is 45.7 Å². The van der Waals surface area contributed by atoms with Crippen LogP contribution < -0.4 is 5.32 Å². The quantitative estimate of drug-likeness (QED) is 0.723. The highest BCUT2D eigenvalue weighted by molar-refractivity contribution is 5.15. The predicted octanol–water partition coefficient (Wildman–Crippen LogP) is 2.42. The minimum atomic E-state index is 0.662. The van der Waals surface area contributed by atoms with Crippen molar-refractivity contribution in [1.29, 1.82) is 0 Å². The molecule has 0 radical (unpaired) electrons. The molecule has 0 amide bonds. The van der Waals surface area contributed by atoms with Crippen molar-refractivity contribution < 1.29 is 0 Å². The largest absolute Gasteiger partial charge is 0.346 e. The highest BCUT2D eigenvalue weighted by Gasteiger charge is 2.21. The molecule has 2 heterocycles. The summed E-state index contributed by atoms with van der Waals surface area (Å²) in [5, 5.41) is 3.50. The van der Waals surface area contributed by atoms with E-state index in [1.165, 1.54) is 24.2 Å². The lowest BCUT2D eigenvalue weighted by atomic mass is 10.00. The maximum absolute atomic E-state index is 3.50. The molecule has 0 aliphatic carbocycles. The lowest BCUT2D eigenvalue weighted by Crippen LogP contribution is -2.37. The van der Waals surface area contributed by atoms with Gasteiger partial charge < -0.3 is 9.88 Å². The Bertz CT molecular complexity index is 295. The monoisotopic (exact) mass is 192 g/mol. The van der Waals surface area contributed by atoms with E-state index >= 15 is 0 Å². The summed E-state index contributed by atoms with van der Waals surface area (Å²) in [5.74, 6) is 0. The summed E-state index contributed by atoms with van der Waals surface area (Å²) in [6, 6.07) is 5.82. The van der Waals surface area contributed by atoms with Crippen molar-refractivity contribution in [3.05, 3.63) is 23.5 Å². The van der Waals surface area contributed by atoms with Crippen LogP contribution in [0.5, 0.6) is 0 Å². The van der Waals surface area contributed by atoms with Gasteiger partial charge in [0.1, 0.15) is 0 Å². The van der Waals surface area contributed by atoms with Crippen LogP contribution in [0.25, 0.3) is 0 Å². The number of piperidine rings is 1. The second-order valence-corrected chi connectivity index (χ2v) is 4.52. The van der Waals surface area contributed by atoms with Crippen LogP contribution in [0.1, 0.15) is 37.2 Å². The Hall–Kier alpha value is -0.760. The summed E-state index contributed by atoms with van der Waals surface area (Å²) in [6.45, 7) is 7.85. The Morgan fingerprint density at radius 3 is 2.50 bits per heavy atom. The summed E-state index contributed by atoms with van der Waals surface area (Å²) in [6.07, 6.45) is 2.52. The zero-order chi connectivity index (χ0) is 10.1. The van der Waals surface area contributed by atoms with Crippen molar-refractivity contribution >= 4 is 0 Å². The van der Waals surface area contributed by atoms with Crippen LogP contribution in [0.4, 0.5) is 0 Å². The van der Waals surface area contributed by atoms with Gasteiger partial charge in [-0.1, -0.05) is 0 Å². The molecule has 2 rings (SSSR count). The normalized spacial score (nSPS) is 27.9. The van der Waals surface area contributed by atoms with E-state index in [1.54, 1.807) is 0 Å². The first-order chi connectivity index (χ1) is 6.68. The fourth-order valence-corrected chi connectivity index (χ4v) is 2.60.